The molecule has 4 atom stereocenters. The lowest BCUT2D eigenvalue weighted by Gasteiger charge is -2.64. The van der Waals surface area contributed by atoms with Gasteiger partial charge in [-0.3, -0.25) is 4.18 Å². The van der Waals surface area contributed by atoms with Crippen molar-refractivity contribution in [3.8, 4) is 0 Å². The Labute approximate surface area is 126 Å². The Balaban J connectivity index is 1.84. The SMILES string of the molecule is CC1(C)C2CC1[C@](C)(O)[C@H](OS(=O)(=O)c1ccccc1)C2. The number of hydrogen-bond donors (Lipinski definition) is 1. The highest BCUT2D eigenvalue weighted by molar-refractivity contribution is 7.86. The van der Waals surface area contributed by atoms with E-state index in [-0.39, 0.29) is 16.2 Å². The summed E-state index contributed by atoms with van der Waals surface area (Å²) in [6, 6.07) is 8.11. The van der Waals surface area contributed by atoms with E-state index in [1.54, 1.807) is 25.1 Å². The minimum atomic E-state index is -3.83. The van der Waals surface area contributed by atoms with Crippen molar-refractivity contribution in [1.29, 1.82) is 0 Å². The van der Waals surface area contributed by atoms with Crippen LogP contribution < -0.4 is 0 Å². The largest absolute Gasteiger partial charge is 0.387 e. The van der Waals surface area contributed by atoms with E-state index >= 15 is 0 Å². The Bertz CT molecular complexity index is 634. The van der Waals surface area contributed by atoms with Gasteiger partial charge in [-0.05, 0) is 49.1 Å². The summed E-state index contributed by atoms with van der Waals surface area (Å²) in [5.41, 5.74) is -1.06. The molecular formula is C16H22O4S. The monoisotopic (exact) mass is 310 g/mol. The maximum absolute atomic E-state index is 12.3. The van der Waals surface area contributed by atoms with Gasteiger partial charge in [0.25, 0.3) is 10.1 Å². The van der Waals surface area contributed by atoms with Gasteiger partial charge in [-0.15, -0.1) is 0 Å². The van der Waals surface area contributed by atoms with Gasteiger partial charge in [0.1, 0.15) is 6.10 Å². The van der Waals surface area contributed by atoms with Crippen molar-refractivity contribution in [2.75, 3.05) is 0 Å². The second kappa shape index (κ2) is 4.54. The van der Waals surface area contributed by atoms with Crippen LogP contribution in [0.5, 0.6) is 0 Å². The second-order valence-corrected chi connectivity index (χ2v) is 8.69. The molecule has 0 aromatic heterocycles. The lowest BCUT2D eigenvalue weighted by molar-refractivity contribution is -0.237. The lowest BCUT2D eigenvalue weighted by atomic mass is 9.43. The Morgan fingerprint density at radius 3 is 2.29 bits per heavy atom. The Hall–Kier alpha value is -0.910. The third kappa shape index (κ3) is 2.22. The van der Waals surface area contributed by atoms with E-state index in [0.717, 1.165) is 6.42 Å². The standard InChI is InChI=1S/C16H22O4S/c1-15(2)11-9-13(15)16(3,17)14(10-11)20-21(18,19)12-7-5-4-6-8-12/h4-8,11,13-14,17H,9-10H2,1-3H3/t11?,13?,14-,16+/m1/s1. The van der Waals surface area contributed by atoms with Crippen molar-refractivity contribution >= 4 is 10.1 Å². The third-order valence-electron chi connectivity index (χ3n) is 5.60. The number of rotatable bonds is 3. The molecule has 3 aliphatic carbocycles. The molecule has 2 unspecified atom stereocenters. The molecule has 1 aromatic rings. The van der Waals surface area contributed by atoms with Crippen molar-refractivity contribution in [2.45, 2.75) is 50.2 Å². The van der Waals surface area contributed by atoms with Gasteiger partial charge >= 0.3 is 0 Å². The minimum absolute atomic E-state index is 0.0554. The molecule has 1 aromatic carbocycles. The summed E-state index contributed by atoms with van der Waals surface area (Å²) in [7, 11) is -3.83. The molecule has 0 saturated heterocycles. The van der Waals surface area contributed by atoms with Crippen LogP contribution >= 0.6 is 0 Å². The molecule has 5 heteroatoms. The van der Waals surface area contributed by atoms with Gasteiger partial charge in [0, 0.05) is 0 Å². The normalized spacial score (nSPS) is 37.8. The number of aliphatic hydroxyl groups is 1. The minimum Gasteiger partial charge on any atom is -0.387 e. The highest BCUT2D eigenvalue weighted by Crippen LogP contribution is 2.63. The van der Waals surface area contributed by atoms with Crippen LogP contribution in [0, 0.1) is 17.3 Å². The van der Waals surface area contributed by atoms with Crippen LogP contribution in [-0.2, 0) is 14.3 Å². The summed E-state index contributed by atoms with van der Waals surface area (Å²) in [5, 5.41) is 10.8. The van der Waals surface area contributed by atoms with E-state index in [4.69, 9.17) is 4.18 Å². The summed E-state index contributed by atoms with van der Waals surface area (Å²) in [4.78, 5) is 0.138. The quantitative estimate of drug-likeness (QED) is 0.872. The summed E-state index contributed by atoms with van der Waals surface area (Å²) >= 11 is 0. The first kappa shape index (κ1) is 15.0. The van der Waals surface area contributed by atoms with Gasteiger partial charge in [0.05, 0.1) is 10.5 Å². The van der Waals surface area contributed by atoms with Crippen molar-refractivity contribution in [3.05, 3.63) is 30.3 Å². The highest BCUT2D eigenvalue weighted by atomic mass is 32.2. The van der Waals surface area contributed by atoms with E-state index in [2.05, 4.69) is 13.8 Å². The molecule has 3 fully saturated rings. The van der Waals surface area contributed by atoms with Gasteiger partial charge in [-0.25, -0.2) is 0 Å². The highest BCUT2D eigenvalue weighted by Gasteiger charge is 2.64. The van der Waals surface area contributed by atoms with Crippen LogP contribution in [-0.4, -0.2) is 25.2 Å². The van der Waals surface area contributed by atoms with Crippen LogP contribution in [0.15, 0.2) is 35.2 Å². The summed E-state index contributed by atoms with van der Waals surface area (Å²) in [6.07, 6.45) is 0.868. The summed E-state index contributed by atoms with van der Waals surface area (Å²) in [5.74, 6) is 0.499. The smallest absolute Gasteiger partial charge is 0.297 e. The molecule has 0 radical (unpaired) electrons. The van der Waals surface area contributed by atoms with Gasteiger partial charge in [-0.2, -0.15) is 8.42 Å². The fraction of sp³-hybridized carbons (Fsp3) is 0.625. The molecule has 0 spiro atoms. The van der Waals surface area contributed by atoms with Crippen molar-refractivity contribution in [3.63, 3.8) is 0 Å². The molecule has 3 saturated carbocycles. The lowest BCUT2D eigenvalue weighted by Crippen LogP contribution is -2.67. The Kier molecular flexibility index (Phi) is 3.24. The van der Waals surface area contributed by atoms with Crippen LogP contribution in [0.25, 0.3) is 0 Å². The fourth-order valence-electron chi connectivity index (χ4n) is 4.06. The molecule has 21 heavy (non-hydrogen) atoms. The maximum atomic E-state index is 12.3. The molecule has 3 aliphatic rings. The zero-order valence-electron chi connectivity index (χ0n) is 12.6. The van der Waals surface area contributed by atoms with Gasteiger partial charge in [0.15, 0.2) is 0 Å². The van der Waals surface area contributed by atoms with E-state index in [1.165, 1.54) is 12.1 Å². The predicted molar refractivity (Wildman–Crippen MR) is 79.1 cm³/mol. The Morgan fingerprint density at radius 2 is 1.76 bits per heavy atom. The van der Waals surface area contributed by atoms with Crippen molar-refractivity contribution in [1.82, 2.24) is 0 Å². The van der Waals surface area contributed by atoms with Crippen molar-refractivity contribution < 1.29 is 17.7 Å². The van der Waals surface area contributed by atoms with Gasteiger partial charge in [-0.1, -0.05) is 32.0 Å². The number of fused-ring (bicyclic) bond motifs is 2. The van der Waals surface area contributed by atoms with Crippen LogP contribution in [0.1, 0.15) is 33.6 Å². The van der Waals surface area contributed by atoms with E-state index in [9.17, 15) is 13.5 Å². The zero-order chi connectivity index (χ0) is 15.5. The maximum Gasteiger partial charge on any atom is 0.297 e. The summed E-state index contributed by atoms with van der Waals surface area (Å²) in [6.45, 7) is 5.99. The van der Waals surface area contributed by atoms with E-state index in [0.29, 0.717) is 12.3 Å². The van der Waals surface area contributed by atoms with E-state index < -0.39 is 21.8 Å². The topological polar surface area (TPSA) is 63.6 Å². The molecule has 0 heterocycles. The number of hydrogen-bond acceptors (Lipinski definition) is 4. The van der Waals surface area contributed by atoms with Crippen LogP contribution in [0.2, 0.25) is 0 Å². The van der Waals surface area contributed by atoms with Gasteiger partial charge < -0.3 is 5.11 Å². The number of benzene rings is 1. The molecule has 0 aliphatic heterocycles. The Morgan fingerprint density at radius 1 is 1.14 bits per heavy atom. The predicted octanol–water partition coefficient (Wildman–Crippen LogP) is 2.58. The third-order valence-corrected chi connectivity index (χ3v) is 6.94. The first-order chi connectivity index (χ1) is 9.65. The first-order valence-electron chi connectivity index (χ1n) is 7.36. The molecule has 116 valence electrons. The molecular weight excluding hydrogens is 288 g/mol. The average Bonchev–Trinajstić information content (AvgIpc) is 2.41. The molecule has 4 rings (SSSR count). The molecule has 2 bridgehead atoms. The second-order valence-electron chi connectivity index (χ2n) is 7.12. The zero-order valence-corrected chi connectivity index (χ0v) is 13.4. The molecule has 0 amide bonds. The van der Waals surface area contributed by atoms with Crippen molar-refractivity contribution in [2.24, 2.45) is 17.3 Å². The van der Waals surface area contributed by atoms with Gasteiger partial charge in [0.2, 0.25) is 0 Å². The first-order valence-corrected chi connectivity index (χ1v) is 8.77. The van der Waals surface area contributed by atoms with Crippen LogP contribution in [0.4, 0.5) is 0 Å². The average molecular weight is 310 g/mol. The van der Waals surface area contributed by atoms with E-state index in [1.807, 2.05) is 0 Å². The van der Waals surface area contributed by atoms with Crippen LogP contribution in [0.3, 0.4) is 0 Å². The summed E-state index contributed by atoms with van der Waals surface area (Å²) < 4.78 is 30.1. The molecule has 1 N–H and O–H groups in total. The fourth-order valence-corrected chi connectivity index (χ4v) is 5.24. The molecule has 4 nitrogen and oxygen atoms in total.